The molecule has 0 bridgehead atoms. The summed E-state index contributed by atoms with van der Waals surface area (Å²) in [4.78, 5) is 38.5. The predicted molar refractivity (Wildman–Crippen MR) is 107 cm³/mol. The van der Waals surface area contributed by atoms with Crippen molar-refractivity contribution in [3.63, 3.8) is 0 Å². The number of amides is 2. The van der Waals surface area contributed by atoms with Crippen LogP contribution in [0.5, 0.6) is 5.75 Å². The molecule has 0 atom stereocenters. The van der Waals surface area contributed by atoms with Crippen molar-refractivity contribution in [2.45, 2.75) is 38.6 Å². The van der Waals surface area contributed by atoms with E-state index in [4.69, 9.17) is 9.15 Å². The Hall–Kier alpha value is -3.09. The van der Waals surface area contributed by atoms with Crippen LogP contribution < -0.4 is 10.1 Å². The molecule has 7 heteroatoms. The summed E-state index contributed by atoms with van der Waals surface area (Å²) in [5, 5.41) is 2.98. The number of nitrogens with one attached hydrogen (secondary N) is 1. The van der Waals surface area contributed by atoms with Crippen LogP contribution in [0.25, 0.3) is 0 Å². The molecule has 0 unspecified atom stereocenters. The molecule has 0 aliphatic carbocycles. The topological polar surface area (TPSA) is 88.9 Å². The van der Waals surface area contributed by atoms with E-state index in [1.165, 1.54) is 12.5 Å². The second kappa shape index (κ2) is 9.91. The number of nitrogens with zero attached hydrogens (tertiary/aromatic N) is 1. The highest BCUT2D eigenvalue weighted by atomic mass is 16.5. The largest absolute Gasteiger partial charge is 0.494 e. The Bertz CT molecular complexity index is 821. The van der Waals surface area contributed by atoms with Crippen LogP contribution >= 0.6 is 0 Å². The number of carbonyl (C=O) groups excluding carboxylic acids is 3. The van der Waals surface area contributed by atoms with Crippen molar-refractivity contribution in [1.29, 1.82) is 0 Å². The number of benzene rings is 1. The number of piperidine rings is 1. The molecule has 0 spiro atoms. The van der Waals surface area contributed by atoms with Gasteiger partial charge in [0, 0.05) is 37.5 Å². The lowest BCUT2D eigenvalue weighted by Gasteiger charge is -2.32. The quantitative estimate of drug-likeness (QED) is 0.691. The third-order valence-electron chi connectivity index (χ3n) is 4.98. The van der Waals surface area contributed by atoms with E-state index in [1.54, 1.807) is 35.2 Å². The molecule has 7 nitrogen and oxygen atoms in total. The predicted octanol–water partition coefficient (Wildman–Crippen LogP) is 3.06. The second-order valence-corrected chi connectivity index (χ2v) is 7.03. The maximum atomic E-state index is 12.3. The molecule has 1 fully saturated rings. The van der Waals surface area contributed by atoms with E-state index < -0.39 is 0 Å². The van der Waals surface area contributed by atoms with Crippen LogP contribution in [0.4, 0.5) is 0 Å². The fourth-order valence-corrected chi connectivity index (χ4v) is 3.37. The van der Waals surface area contributed by atoms with Gasteiger partial charge in [-0.05, 0) is 50.1 Å². The highest BCUT2D eigenvalue weighted by Gasteiger charge is 2.25. The molecule has 1 aromatic heterocycles. The molecular weight excluding hydrogens is 372 g/mol. The molecule has 0 radical (unpaired) electrons. The first-order valence-electron chi connectivity index (χ1n) is 9.93. The van der Waals surface area contributed by atoms with Crippen molar-refractivity contribution in [2.24, 2.45) is 0 Å². The van der Waals surface area contributed by atoms with Crippen LogP contribution in [0.3, 0.4) is 0 Å². The zero-order valence-corrected chi connectivity index (χ0v) is 16.6. The van der Waals surface area contributed by atoms with Crippen molar-refractivity contribution in [1.82, 2.24) is 10.2 Å². The minimum atomic E-state index is -0.135. The Morgan fingerprint density at radius 1 is 1.07 bits per heavy atom. The zero-order valence-electron chi connectivity index (χ0n) is 16.6. The van der Waals surface area contributed by atoms with Crippen LogP contribution in [0.15, 0.2) is 47.3 Å². The minimum absolute atomic E-state index is 0.0245. The Morgan fingerprint density at radius 2 is 1.79 bits per heavy atom. The second-order valence-electron chi connectivity index (χ2n) is 7.03. The summed E-state index contributed by atoms with van der Waals surface area (Å²) in [5.74, 6) is 0.469. The summed E-state index contributed by atoms with van der Waals surface area (Å²) in [6.07, 6.45) is 4.63. The van der Waals surface area contributed by atoms with E-state index in [-0.39, 0.29) is 36.5 Å². The molecule has 1 N–H and O–H groups in total. The molecule has 2 aromatic rings. The SMILES string of the molecule is CCOc1ccc(C(=O)CCC(=O)NC2CCN(C(=O)c3ccoc3)CC2)cc1. The number of hydrogen-bond donors (Lipinski definition) is 1. The highest BCUT2D eigenvalue weighted by molar-refractivity contribution is 5.98. The van der Waals surface area contributed by atoms with Gasteiger partial charge in [-0.15, -0.1) is 0 Å². The van der Waals surface area contributed by atoms with Crippen molar-refractivity contribution in [3.8, 4) is 5.75 Å². The van der Waals surface area contributed by atoms with Gasteiger partial charge in [0.15, 0.2) is 5.78 Å². The first kappa shape index (κ1) is 20.6. The lowest BCUT2D eigenvalue weighted by molar-refractivity contribution is -0.122. The average molecular weight is 398 g/mol. The van der Waals surface area contributed by atoms with Crippen LogP contribution in [0.1, 0.15) is 53.3 Å². The summed E-state index contributed by atoms with van der Waals surface area (Å²) in [5.41, 5.74) is 1.12. The number of Topliss-reactive ketones (excluding diaryl/α,β-unsaturated/α-hetero) is 1. The van der Waals surface area contributed by atoms with Crippen LogP contribution in [-0.4, -0.2) is 48.2 Å². The van der Waals surface area contributed by atoms with Gasteiger partial charge in [-0.2, -0.15) is 0 Å². The monoisotopic (exact) mass is 398 g/mol. The molecule has 3 rings (SSSR count). The third kappa shape index (κ3) is 5.70. The minimum Gasteiger partial charge on any atom is -0.494 e. The normalized spacial score (nSPS) is 14.4. The van der Waals surface area contributed by atoms with Gasteiger partial charge in [-0.1, -0.05) is 0 Å². The number of ether oxygens (including phenoxy) is 1. The van der Waals surface area contributed by atoms with E-state index in [0.29, 0.717) is 43.7 Å². The molecule has 1 aromatic carbocycles. The fourth-order valence-electron chi connectivity index (χ4n) is 3.37. The molecule has 1 aliphatic heterocycles. The molecular formula is C22H26N2O5. The molecule has 2 amide bonds. The molecule has 154 valence electrons. The number of rotatable bonds is 8. The van der Waals surface area contributed by atoms with Gasteiger partial charge in [-0.25, -0.2) is 0 Å². The molecule has 2 heterocycles. The summed E-state index contributed by atoms with van der Waals surface area (Å²) in [6, 6.07) is 8.63. The Labute approximate surface area is 170 Å². The van der Waals surface area contributed by atoms with E-state index in [0.717, 1.165) is 5.75 Å². The van der Waals surface area contributed by atoms with Gasteiger partial charge in [0.1, 0.15) is 12.0 Å². The summed E-state index contributed by atoms with van der Waals surface area (Å²) < 4.78 is 10.3. The third-order valence-corrected chi connectivity index (χ3v) is 4.98. The van der Waals surface area contributed by atoms with Gasteiger partial charge in [0.05, 0.1) is 18.4 Å². The van der Waals surface area contributed by atoms with Gasteiger partial charge in [0.2, 0.25) is 5.91 Å². The fraction of sp³-hybridized carbons (Fsp3) is 0.409. The van der Waals surface area contributed by atoms with E-state index >= 15 is 0 Å². The number of hydrogen-bond acceptors (Lipinski definition) is 5. The van der Waals surface area contributed by atoms with Gasteiger partial charge >= 0.3 is 0 Å². The van der Waals surface area contributed by atoms with Crippen molar-refractivity contribution < 1.29 is 23.5 Å². The van der Waals surface area contributed by atoms with Crippen molar-refractivity contribution in [2.75, 3.05) is 19.7 Å². The van der Waals surface area contributed by atoms with E-state index in [1.807, 2.05) is 6.92 Å². The molecule has 1 aliphatic rings. The lowest BCUT2D eigenvalue weighted by Crippen LogP contribution is -2.46. The average Bonchev–Trinajstić information content (AvgIpc) is 3.28. The van der Waals surface area contributed by atoms with Crippen LogP contribution in [0, 0.1) is 0 Å². The Morgan fingerprint density at radius 3 is 2.41 bits per heavy atom. The summed E-state index contributed by atoms with van der Waals surface area (Å²) in [6.45, 7) is 3.64. The zero-order chi connectivity index (χ0) is 20.6. The Balaban J connectivity index is 1.38. The van der Waals surface area contributed by atoms with Crippen LogP contribution in [0.2, 0.25) is 0 Å². The number of furan rings is 1. The van der Waals surface area contributed by atoms with Gasteiger partial charge in [0.25, 0.3) is 5.91 Å². The van der Waals surface area contributed by atoms with E-state index in [9.17, 15) is 14.4 Å². The molecule has 29 heavy (non-hydrogen) atoms. The number of likely N-dealkylation sites (tertiary alicyclic amines) is 1. The standard InChI is InChI=1S/C22H26N2O5/c1-2-29-19-5-3-16(4-6-19)20(25)7-8-21(26)23-18-9-12-24(13-10-18)22(27)17-11-14-28-15-17/h3-6,11,14-15,18H,2,7-10,12-13H2,1H3,(H,23,26). The number of carbonyl (C=O) groups is 3. The van der Waals surface area contributed by atoms with Crippen molar-refractivity contribution >= 4 is 17.6 Å². The molecule has 0 saturated carbocycles. The molecule has 1 saturated heterocycles. The first-order chi connectivity index (χ1) is 14.1. The summed E-state index contributed by atoms with van der Waals surface area (Å²) in [7, 11) is 0. The number of ketones is 1. The van der Waals surface area contributed by atoms with E-state index in [2.05, 4.69) is 5.32 Å². The highest BCUT2D eigenvalue weighted by Crippen LogP contribution is 2.16. The smallest absolute Gasteiger partial charge is 0.257 e. The lowest BCUT2D eigenvalue weighted by atomic mass is 10.0. The Kier molecular flexibility index (Phi) is 7.05. The maximum Gasteiger partial charge on any atom is 0.257 e. The first-order valence-corrected chi connectivity index (χ1v) is 9.93. The van der Waals surface area contributed by atoms with Gasteiger partial charge in [-0.3, -0.25) is 14.4 Å². The van der Waals surface area contributed by atoms with Crippen molar-refractivity contribution in [3.05, 3.63) is 54.0 Å². The van der Waals surface area contributed by atoms with Crippen LogP contribution in [-0.2, 0) is 4.79 Å². The summed E-state index contributed by atoms with van der Waals surface area (Å²) >= 11 is 0. The maximum absolute atomic E-state index is 12.3. The van der Waals surface area contributed by atoms with Gasteiger partial charge < -0.3 is 19.4 Å².